The van der Waals surface area contributed by atoms with E-state index >= 15 is 0 Å². The van der Waals surface area contributed by atoms with Gasteiger partial charge < -0.3 is 20.1 Å². The van der Waals surface area contributed by atoms with E-state index in [1.165, 1.54) is 0 Å². The Kier molecular flexibility index (Phi) is 9.79. The second kappa shape index (κ2) is 11.5. The molecule has 0 aromatic heterocycles. The van der Waals surface area contributed by atoms with Crippen LogP contribution in [-0.4, -0.2) is 53.5 Å². The number of rotatable bonds is 11. The Hall–Kier alpha value is -2.14. The van der Waals surface area contributed by atoms with Gasteiger partial charge >= 0.3 is 6.61 Å². The van der Waals surface area contributed by atoms with Crippen LogP contribution in [0.1, 0.15) is 19.4 Å². The number of ether oxygens (including phenoxy) is 2. The molecule has 8 nitrogen and oxygen atoms in total. The molecule has 154 valence electrons. The predicted molar refractivity (Wildman–Crippen MR) is 99.9 cm³/mol. The third-order valence-corrected chi connectivity index (χ3v) is 4.76. The zero-order valence-electron chi connectivity index (χ0n) is 15.6. The van der Waals surface area contributed by atoms with Crippen molar-refractivity contribution < 1.29 is 26.7 Å². The van der Waals surface area contributed by atoms with Crippen molar-refractivity contribution in [1.29, 1.82) is 0 Å². The molecule has 0 saturated heterocycles. The van der Waals surface area contributed by atoms with Gasteiger partial charge in [-0.2, -0.15) is 8.78 Å². The zero-order chi connectivity index (χ0) is 20.3. The summed E-state index contributed by atoms with van der Waals surface area (Å²) >= 11 is 0. The Labute approximate surface area is 158 Å². The first-order valence-corrected chi connectivity index (χ1v) is 10.1. The third-order valence-electron chi connectivity index (χ3n) is 3.36. The van der Waals surface area contributed by atoms with Crippen molar-refractivity contribution in [3.63, 3.8) is 0 Å². The van der Waals surface area contributed by atoms with Gasteiger partial charge in [0.2, 0.25) is 10.0 Å². The van der Waals surface area contributed by atoms with Crippen molar-refractivity contribution in [3.05, 3.63) is 23.8 Å². The van der Waals surface area contributed by atoms with Crippen LogP contribution in [0.4, 0.5) is 8.78 Å². The van der Waals surface area contributed by atoms with Crippen LogP contribution in [0.2, 0.25) is 0 Å². The van der Waals surface area contributed by atoms with Crippen molar-refractivity contribution in [2.45, 2.75) is 27.0 Å². The van der Waals surface area contributed by atoms with Crippen molar-refractivity contribution in [1.82, 2.24) is 15.4 Å². The molecular weight excluding hydrogens is 382 g/mol. The molecule has 0 heterocycles. The van der Waals surface area contributed by atoms with Crippen molar-refractivity contribution in [3.8, 4) is 11.5 Å². The molecule has 0 amide bonds. The lowest BCUT2D eigenvalue weighted by Gasteiger charge is -2.17. The van der Waals surface area contributed by atoms with Gasteiger partial charge in [0.1, 0.15) is 0 Å². The Morgan fingerprint density at radius 2 is 1.96 bits per heavy atom. The van der Waals surface area contributed by atoms with E-state index in [2.05, 4.69) is 25.1 Å². The van der Waals surface area contributed by atoms with E-state index in [1.54, 1.807) is 39.1 Å². The van der Waals surface area contributed by atoms with Gasteiger partial charge in [0.15, 0.2) is 17.5 Å². The van der Waals surface area contributed by atoms with Crippen LogP contribution in [0.3, 0.4) is 0 Å². The molecule has 1 aromatic carbocycles. The van der Waals surface area contributed by atoms with Crippen molar-refractivity contribution >= 4 is 16.0 Å². The molecule has 0 saturated carbocycles. The molecule has 3 N–H and O–H groups in total. The number of sulfonamides is 1. The molecule has 0 aliphatic carbocycles. The van der Waals surface area contributed by atoms with Crippen molar-refractivity contribution in [2.75, 3.05) is 32.5 Å². The number of nitrogens with one attached hydrogen (secondary N) is 3. The molecule has 11 heteroatoms. The summed E-state index contributed by atoms with van der Waals surface area (Å²) in [4.78, 5) is 4.00. The normalized spacial score (nSPS) is 12.1. The Balaban J connectivity index is 2.68. The van der Waals surface area contributed by atoms with Gasteiger partial charge in [-0.3, -0.25) is 4.99 Å². The molecule has 0 atom stereocenters. The molecule has 0 fully saturated rings. The number of guanidine groups is 1. The number of hydrogen-bond donors (Lipinski definition) is 3. The minimum atomic E-state index is -3.26. The summed E-state index contributed by atoms with van der Waals surface area (Å²) in [6.07, 6.45) is 0. The Bertz CT molecular complexity index is 714. The smallest absolute Gasteiger partial charge is 0.387 e. The maximum Gasteiger partial charge on any atom is 0.387 e. The number of benzene rings is 1. The van der Waals surface area contributed by atoms with Gasteiger partial charge in [-0.05, 0) is 19.9 Å². The first-order chi connectivity index (χ1) is 12.8. The minimum absolute atomic E-state index is 0.00304. The number of aliphatic imine (C=N–C) groups is 1. The number of hydrogen-bond acceptors (Lipinski definition) is 5. The Morgan fingerprint density at radius 1 is 1.22 bits per heavy atom. The molecule has 27 heavy (non-hydrogen) atoms. The maximum atomic E-state index is 12.7. The molecule has 0 bridgehead atoms. The Morgan fingerprint density at radius 3 is 2.56 bits per heavy atom. The van der Waals surface area contributed by atoms with E-state index in [9.17, 15) is 17.2 Å². The summed E-state index contributed by atoms with van der Waals surface area (Å²) in [5.74, 6) is 0.584. The van der Waals surface area contributed by atoms with Crippen LogP contribution in [0.5, 0.6) is 11.5 Å². The fourth-order valence-electron chi connectivity index (χ4n) is 2.08. The van der Waals surface area contributed by atoms with E-state index in [0.29, 0.717) is 24.7 Å². The third kappa shape index (κ3) is 8.39. The number of para-hydroxylation sites is 1. The van der Waals surface area contributed by atoms with Crippen LogP contribution in [0, 0.1) is 0 Å². The summed E-state index contributed by atoms with van der Waals surface area (Å²) < 4.78 is 60.5. The molecule has 0 aliphatic heterocycles. The lowest BCUT2D eigenvalue weighted by molar-refractivity contribution is -0.0520. The quantitative estimate of drug-likeness (QED) is 0.290. The average Bonchev–Trinajstić information content (AvgIpc) is 2.63. The number of nitrogens with zero attached hydrogens (tertiary/aromatic N) is 1. The summed E-state index contributed by atoms with van der Waals surface area (Å²) in [7, 11) is -1.72. The average molecular weight is 408 g/mol. The van der Waals surface area contributed by atoms with Gasteiger partial charge in [0.05, 0.1) is 12.4 Å². The van der Waals surface area contributed by atoms with Crippen molar-refractivity contribution in [2.24, 2.45) is 4.99 Å². The maximum absolute atomic E-state index is 12.7. The fourth-order valence-corrected chi connectivity index (χ4v) is 2.70. The van der Waals surface area contributed by atoms with E-state index in [0.717, 1.165) is 0 Å². The lowest BCUT2D eigenvalue weighted by atomic mass is 10.2. The van der Waals surface area contributed by atoms with Crippen LogP contribution >= 0.6 is 0 Å². The number of halogens is 2. The van der Waals surface area contributed by atoms with Gasteiger partial charge in [0, 0.05) is 32.2 Å². The second-order valence-electron chi connectivity index (χ2n) is 5.21. The summed E-state index contributed by atoms with van der Waals surface area (Å²) in [6, 6.07) is 4.86. The largest absolute Gasteiger partial charge is 0.490 e. The van der Waals surface area contributed by atoms with Crippen LogP contribution in [0.15, 0.2) is 23.2 Å². The summed E-state index contributed by atoms with van der Waals surface area (Å²) in [6.45, 7) is 1.28. The topological polar surface area (TPSA) is 101 Å². The minimum Gasteiger partial charge on any atom is -0.490 e. The predicted octanol–water partition coefficient (Wildman–Crippen LogP) is 1.29. The number of alkyl halides is 2. The highest BCUT2D eigenvalue weighted by Crippen LogP contribution is 2.32. The van der Waals surface area contributed by atoms with Crippen LogP contribution in [-0.2, 0) is 16.6 Å². The molecule has 0 radical (unpaired) electrons. The highest BCUT2D eigenvalue weighted by molar-refractivity contribution is 7.89. The molecular formula is C16H26F2N4O4S. The second-order valence-corrected chi connectivity index (χ2v) is 7.30. The molecule has 0 spiro atoms. The van der Waals surface area contributed by atoms with E-state index < -0.39 is 16.6 Å². The van der Waals surface area contributed by atoms with Gasteiger partial charge in [-0.1, -0.05) is 12.1 Å². The zero-order valence-corrected chi connectivity index (χ0v) is 16.4. The first-order valence-electron chi connectivity index (χ1n) is 8.44. The molecule has 0 aliphatic rings. The van der Waals surface area contributed by atoms with Gasteiger partial charge in [-0.25, -0.2) is 13.1 Å². The monoisotopic (exact) mass is 408 g/mol. The van der Waals surface area contributed by atoms with Crippen LogP contribution in [0.25, 0.3) is 0 Å². The molecule has 0 unspecified atom stereocenters. The van der Waals surface area contributed by atoms with Crippen LogP contribution < -0.4 is 24.8 Å². The lowest BCUT2D eigenvalue weighted by Crippen LogP contribution is -2.41. The fraction of sp³-hybridized carbons (Fsp3) is 0.562. The standard InChI is InChI=1S/C16H26F2N4O4S/c1-4-25-13-8-6-7-12(14(13)26-15(17)18)11-21-16(19-3)20-9-10-22-27(23,24)5-2/h6-8,15,22H,4-5,9-11H2,1-3H3,(H2,19,20,21). The molecule has 1 aromatic rings. The first kappa shape index (κ1) is 22.9. The van der Waals surface area contributed by atoms with E-state index in [-0.39, 0.29) is 30.3 Å². The van der Waals surface area contributed by atoms with E-state index in [4.69, 9.17) is 4.74 Å². The SMILES string of the molecule is CCOc1cccc(CNC(=NC)NCCNS(=O)(=O)CC)c1OC(F)F. The highest BCUT2D eigenvalue weighted by Gasteiger charge is 2.16. The summed E-state index contributed by atoms with van der Waals surface area (Å²) in [5.41, 5.74) is 0.468. The highest BCUT2D eigenvalue weighted by atomic mass is 32.2. The van der Waals surface area contributed by atoms with Gasteiger partial charge in [-0.15, -0.1) is 0 Å². The molecule has 1 rings (SSSR count). The van der Waals surface area contributed by atoms with Gasteiger partial charge in [0.25, 0.3) is 0 Å². The van der Waals surface area contributed by atoms with E-state index in [1.807, 2.05) is 0 Å². The summed E-state index contributed by atoms with van der Waals surface area (Å²) in [5, 5.41) is 5.89.